The van der Waals surface area contributed by atoms with Gasteiger partial charge in [-0.2, -0.15) is 0 Å². The van der Waals surface area contributed by atoms with Gasteiger partial charge < -0.3 is 5.32 Å². The minimum Gasteiger partial charge on any atom is -0.315 e. The molecule has 1 aromatic rings. The van der Waals surface area contributed by atoms with Gasteiger partial charge in [0.15, 0.2) is 0 Å². The highest BCUT2D eigenvalue weighted by Gasteiger charge is 2.27. The molecular weight excluding hydrogens is 252 g/mol. The van der Waals surface area contributed by atoms with E-state index >= 15 is 0 Å². The Morgan fingerprint density at radius 2 is 2.33 bits per heavy atom. The van der Waals surface area contributed by atoms with E-state index in [-0.39, 0.29) is 6.04 Å². The first-order valence-corrected chi connectivity index (χ1v) is 7.62. The molecule has 1 aliphatic rings. The van der Waals surface area contributed by atoms with Gasteiger partial charge in [-0.3, -0.25) is 9.97 Å². The molecule has 2 atom stereocenters. The van der Waals surface area contributed by atoms with Crippen LogP contribution in [0.15, 0.2) is 18.6 Å². The van der Waals surface area contributed by atoms with Crippen molar-refractivity contribution in [2.75, 3.05) is 13.1 Å². The molecule has 0 radical (unpaired) electrons. The fraction of sp³-hybridized carbons (Fsp3) is 0.636. The third-order valence-electron chi connectivity index (χ3n) is 3.09. The molecule has 1 saturated heterocycles. The van der Waals surface area contributed by atoms with Crippen molar-refractivity contribution in [2.45, 2.75) is 31.1 Å². The lowest BCUT2D eigenvalue weighted by molar-refractivity contribution is 0.427. The van der Waals surface area contributed by atoms with Crippen LogP contribution in [0.25, 0.3) is 0 Å². The summed E-state index contributed by atoms with van der Waals surface area (Å²) < 4.78 is 27.1. The van der Waals surface area contributed by atoms with Crippen molar-refractivity contribution in [3.63, 3.8) is 0 Å². The number of nitrogens with zero attached hydrogens (tertiary/aromatic N) is 2. The summed E-state index contributed by atoms with van der Waals surface area (Å²) in [4.78, 5) is 7.94. The van der Waals surface area contributed by atoms with Crippen molar-refractivity contribution in [3.05, 3.63) is 24.3 Å². The van der Waals surface area contributed by atoms with Crippen LogP contribution in [0.1, 0.15) is 30.7 Å². The molecule has 1 aliphatic heterocycles. The lowest BCUT2D eigenvalue weighted by Crippen LogP contribution is -2.46. The Bertz CT molecular complexity index is 471. The Kier molecular flexibility index (Phi) is 4.26. The smallest absolute Gasteiger partial charge is 0.220 e. The van der Waals surface area contributed by atoms with E-state index in [1.165, 1.54) is 18.6 Å². The number of aromatic nitrogens is 2. The standard InChI is InChI=1S/C11H18N4O2S/c1-9(11-8-13-5-6-14-11)18(16,17)15-10-3-2-4-12-7-10/h5-6,8-10,12,15H,2-4,7H2,1H3/t9-,10+/m0/s1. The highest BCUT2D eigenvalue weighted by molar-refractivity contribution is 7.89. The van der Waals surface area contributed by atoms with Gasteiger partial charge in [-0.1, -0.05) is 0 Å². The van der Waals surface area contributed by atoms with Gasteiger partial charge in [-0.15, -0.1) is 0 Å². The second-order valence-corrected chi connectivity index (χ2v) is 6.51. The largest absolute Gasteiger partial charge is 0.315 e. The highest BCUT2D eigenvalue weighted by Crippen LogP contribution is 2.18. The predicted octanol–water partition coefficient (Wildman–Crippen LogP) is 0.209. The number of nitrogens with one attached hydrogen (secondary N) is 2. The average molecular weight is 270 g/mol. The van der Waals surface area contributed by atoms with Crippen molar-refractivity contribution < 1.29 is 8.42 Å². The first-order valence-electron chi connectivity index (χ1n) is 6.07. The zero-order valence-electron chi connectivity index (χ0n) is 10.3. The molecule has 1 aromatic heterocycles. The van der Waals surface area contributed by atoms with E-state index in [4.69, 9.17) is 0 Å². The van der Waals surface area contributed by atoms with Crippen molar-refractivity contribution in [2.24, 2.45) is 0 Å². The first-order chi connectivity index (χ1) is 8.59. The molecule has 7 heteroatoms. The molecule has 0 bridgehead atoms. The lowest BCUT2D eigenvalue weighted by Gasteiger charge is -2.25. The Balaban J connectivity index is 2.06. The van der Waals surface area contributed by atoms with Crippen LogP contribution >= 0.6 is 0 Å². The zero-order chi connectivity index (χ0) is 13.0. The van der Waals surface area contributed by atoms with Crippen LogP contribution in [0, 0.1) is 0 Å². The van der Waals surface area contributed by atoms with Crippen LogP contribution in [0.5, 0.6) is 0 Å². The third kappa shape index (κ3) is 3.24. The number of piperidine rings is 1. The van der Waals surface area contributed by atoms with Gasteiger partial charge in [0.2, 0.25) is 10.0 Å². The van der Waals surface area contributed by atoms with E-state index < -0.39 is 15.3 Å². The van der Waals surface area contributed by atoms with E-state index in [1.54, 1.807) is 6.92 Å². The lowest BCUT2D eigenvalue weighted by atomic mass is 10.1. The molecule has 0 amide bonds. The summed E-state index contributed by atoms with van der Waals surface area (Å²) in [6.45, 7) is 3.27. The van der Waals surface area contributed by atoms with Crippen LogP contribution < -0.4 is 10.0 Å². The fourth-order valence-corrected chi connectivity index (χ4v) is 3.28. The molecule has 6 nitrogen and oxygen atoms in total. The van der Waals surface area contributed by atoms with Gasteiger partial charge in [-0.05, 0) is 26.3 Å². The quantitative estimate of drug-likeness (QED) is 0.817. The molecule has 18 heavy (non-hydrogen) atoms. The minimum absolute atomic E-state index is 0.0251. The van der Waals surface area contributed by atoms with Crippen LogP contribution in [0.3, 0.4) is 0 Å². The summed E-state index contributed by atoms with van der Waals surface area (Å²) in [5.41, 5.74) is 0.466. The van der Waals surface area contributed by atoms with Gasteiger partial charge in [0.05, 0.1) is 5.69 Å². The van der Waals surface area contributed by atoms with Crippen LogP contribution in [0.4, 0.5) is 0 Å². The summed E-state index contributed by atoms with van der Waals surface area (Å²) in [7, 11) is -3.41. The summed E-state index contributed by atoms with van der Waals surface area (Å²) in [5, 5.41) is 2.49. The van der Waals surface area contributed by atoms with Gasteiger partial charge >= 0.3 is 0 Å². The fourth-order valence-electron chi connectivity index (χ4n) is 1.97. The Hall–Kier alpha value is -1.05. The zero-order valence-corrected chi connectivity index (χ0v) is 11.2. The van der Waals surface area contributed by atoms with Crippen molar-refractivity contribution in [1.82, 2.24) is 20.0 Å². The van der Waals surface area contributed by atoms with Crippen LogP contribution in [0.2, 0.25) is 0 Å². The summed E-state index contributed by atoms with van der Waals surface area (Å²) >= 11 is 0. The van der Waals surface area contributed by atoms with Crippen LogP contribution in [-0.4, -0.2) is 37.5 Å². The molecule has 0 aromatic carbocycles. The van der Waals surface area contributed by atoms with E-state index in [1.807, 2.05) is 0 Å². The first kappa shape index (κ1) is 13.4. The maximum Gasteiger partial charge on any atom is 0.220 e. The SMILES string of the molecule is C[C@@H](c1cnccn1)S(=O)(=O)N[C@@H]1CCCNC1. The van der Waals surface area contributed by atoms with E-state index in [9.17, 15) is 8.42 Å². The second-order valence-electron chi connectivity index (χ2n) is 4.48. The molecule has 100 valence electrons. The third-order valence-corrected chi connectivity index (χ3v) is 4.93. The Morgan fingerprint density at radius 1 is 1.50 bits per heavy atom. The number of hydrogen-bond acceptors (Lipinski definition) is 5. The number of hydrogen-bond donors (Lipinski definition) is 2. The molecule has 2 rings (SSSR count). The second kappa shape index (κ2) is 5.73. The monoisotopic (exact) mass is 270 g/mol. The molecule has 0 saturated carbocycles. The Labute approximate surface area is 107 Å². The van der Waals surface area contributed by atoms with Gasteiger partial charge in [0, 0.05) is 31.2 Å². The summed E-state index contributed by atoms with van der Waals surface area (Å²) in [6.07, 6.45) is 6.39. The van der Waals surface area contributed by atoms with E-state index in [0.717, 1.165) is 19.4 Å². The van der Waals surface area contributed by atoms with E-state index in [2.05, 4.69) is 20.0 Å². The van der Waals surface area contributed by atoms with Crippen molar-refractivity contribution >= 4 is 10.0 Å². The minimum atomic E-state index is -3.41. The molecule has 2 N–H and O–H groups in total. The molecule has 0 aliphatic carbocycles. The predicted molar refractivity (Wildman–Crippen MR) is 68.4 cm³/mol. The maximum atomic E-state index is 12.2. The maximum absolute atomic E-state index is 12.2. The number of sulfonamides is 1. The molecular formula is C11H18N4O2S. The van der Waals surface area contributed by atoms with Gasteiger partial charge in [0.1, 0.15) is 5.25 Å². The number of rotatable bonds is 4. The average Bonchev–Trinajstić information content (AvgIpc) is 2.39. The van der Waals surface area contributed by atoms with Gasteiger partial charge in [-0.25, -0.2) is 13.1 Å². The van der Waals surface area contributed by atoms with Crippen molar-refractivity contribution in [3.8, 4) is 0 Å². The molecule has 0 spiro atoms. The van der Waals surface area contributed by atoms with E-state index in [0.29, 0.717) is 12.2 Å². The molecule has 0 unspecified atom stereocenters. The molecule has 2 heterocycles. The van der Waals surface area contributed by atoms with Crippen LogP contribution in [-0.2, 0) is 10.0 Å². The van der Waals surface area contributed by atoms with Crippen molar-refractivity contribution in [1.29, 1.82) is 0 Å². The highest BCUT2D eigenvalue weighted by atomic mass is 32.2. The Morgan fingerprint density at radius 3 is 2.94 bits per heavy atom. The molecule has 1 fully saturated rings. The summed E-state index contributed by atoms with van der Waals surface area (Å²) in [5.74, 6) is 0. The van der Waals surface area contributed by atoms with Gasteiger partial charge in [0.25, 0.3) is 0 Å². The summed E-state index contributed by atoms with van der Waals surface area (Å²) in [6, 6.07) is -0.0251. The topological polar surface area (TPSA) is 84.0 Å². The normalized spacial score (nSPS) is 22.6.